The molecule has 0 radical (unpaired) electrons. The van der Waals surface area contributed by atoms with Crippen LogP contribution in [0.2, 0.25) is 0 Å². The van der Waals surface area contributed by atoms with E-state index < -0.39 is 118 Å². The zero-order valence-corrected chi connectivity index (χ0v) is 36.8. The van der Waals surface area contributed by atoms with Crippen LogP contribution in [0.15, 0.2) is 47.1 Å². The smallest absolute Gasteiger partial charge is 0.408 e. The summed E-state index contributed by atoms with van der Waals surface area (Å²) in [5, 5.41) is 39.6. The highest BCUT2D eigenvalue weighted by molar-refractivity contribution is 5.95. The Labute approximate surface area is 355 Å². The molecule has 1 amide bonds. The van der Waals surface area contributed by atoms with Crippen molar-refractivity contribution in [2.75, 3.05) is 13.7 Å². The van der Waals surface area contributed by atoms with Gasteiger partial charge in [0.25, 0.3) is 0 Å². The minimum absolute atomic E-state index is 0.0235. The van der Waals surface area contributed by atoms with Crippen LogP contribution in [-0.2, 0) is 47.6 Å². The Morgan fingerprint density at radius 2 is 1.66 bits per heavy atom. The number of rotatable bonds is 10. The molecular weight excluding hydrogens is 798 g/mol. The van der Waals surface area contributed by atoms with E-state index in [9.17, 15) is 39.3 Å². The first-order valence-corrected chi connectivity index (χ1v) is 20.2. The number of alkyl carbamates (subject to hydrolysis) is 1. The molecule has 17 nitrogen and oxygen atoms in total. The number of carbonyl (C=O) groups excluding carboxylic acids is 6. The van der Waals surface area contributed by atoms with Gasteiger partial charge in [0, 0.05) is 32.1 Å². The third kappa shape index (κ3) is 8.53. The second-order valence-corrected chi connectivity index (χ2v) is 18.4. The fourth-order valence-electron chi connectivity index (χ4n) is 9.56. The first kappa shape index (κ1) is 47.2. The molecule has 3 fully saturated rings. The van der Waals surface area contributed by atoms with E-state index in [1.807, 2.05) is 0 Å². The maximum Gasteiger partial charge on any atom is 0.408 e. The van der Waals surface area contributed by atoms with Gasteiger partial charge in [-0.1, -0.05) is 31.6 Å². The van der Waals surface area contributed by atoms with Crippen molar-refractivity contribution < 1.29 is 77.2 Å². The van der Waals surface area contributed by atoms with E-state index in [0.29, 0.717) is 11.3 Å². The third-order valence-electron chi connectivity index (χ3n) is 12.5. The van der Waals surface area contributed by atoms with Gasteiger partial charge < -0.3 is 53.8 Å². The molecule has 17 heteroatoms. The summed E-state index contributed by atoms with van der Waals surface area (Å²) in [5.74, 6) is -6.12. The predicted molar refractivity (Wildman–Crippen MR) is 214 cm³/mol. The largest absolute Gasteiger partial charge is 0.497 e. The van der Waals surface area contributed by atoms with Crippen LogP contribution in [0.5, 0.6) is 5.75 Å². The summed E-state index contributed by atoms with van der Waals surface area (Å²) in [6.45, 7) is 16.1. The van der Waals surface area contributed by atoms with Gasteiger partial charge in [-0.3, -0.25) is 14.4 Å². The molecule has 336 valence electrons. The molecule has 1 heterocycles. The van der Waals surface area contributed by atoms with Crippen molar-refractivity contribution in [1.29, 1.82) is 0 Å². The van der Waals surface area contributed by atoms with Crippen molar-refractivity contribution in [1.82, 2.24) is 5.32 Å². The summed E-state index contributed by atoms with van der Waals surface area (Å²) >= 11 is 0. The van der Waals surface area contributed by atoms with Gasteiger partial charge in [0.05, 0.1) is 42.8 Å². The number of allylic oxidation sites excluding steroid dienone is 1. The second-order valence-electron chi connectivity index (χ2n) is 18.4. The van der Waals surface area contributed by atoms with Crippen molar-refractivity contribution in [3.63, 3.8) is 0 Å². The molecule has 61 heavy (non-hydrogen) atoms. The number of hydrogen-bond acceptors (Lipinski definition) is 16. The number of Topliss-reactive ketones (excluding diaryl/α,β-unsaturated/α-hetero) is 1. The molecule has 4 N–H and O–H groups in total. The molecule has 3 aliphatic carbocycles. The highest BCUT2D eigenvalue weighted by atomic mass is 16.6. The van der Waals surface area contributed by atoms with Gasteiger partial charge in [0.2, 0.25) is 0 Å². The summed E-state index contributed by atoms with van der Waals surface area (Å²) in [6, 6.07) is 4.61. The minimum Gasteiger partial charge on any atom is -0.497 e. The number of amides is 1. The zero-order valence-electron chi connectivity index (χ0n) is 36.8. The molecule has 2 bridgehead atoms. The van der Waals surface area contributed by atoms with Crippen molar-refractivity contribution in [3.8, 4) is 5.75 Å². The van der Waals surface area contributed by atoms with Crippen LogP contribution in [0.25, 0.3) is 0 Å². The molecular formula is C44H59NO16. The van der Waals surface area contributed by atoms with E-state index in [1.54, 1.807) is 54.5 Å². The van der Waals surface area contributed by atoms with Crippen LogP contribution >= 0.6 is 0 Å². The van der Waals surface area contributed by atoms with Crippen LogP contribution in [0, 0.1) is 16.7 Å². The standard InChI is InChI=1S/C44H59NO16/c1-21(2)16-27(45-39(53)61-40(6,7)8)32(49)38(52)58-28-19-44(54)36(59-37(51)25-14-13-15-26(17-25)55-12)34-42(11,29(48)18-30-43(34,20-56-30)60-24(5)47)35(50)33(57-23(4)46)31(22(28)3)41(44,9)10/h13-17,27-30,32-34,36,48-49,54H,18-20H2,1-12H3,(H,45,53)/t27-,28-,29-,30+,32+,33+,34-,36-,42+,43-,44+/m0/s1. The minimum atomic E-state index is -2.42. The predicted octanol–water partition coefficient (Wildman–Crippen LogP) is 3.43. The summed E-state index contributed by atoms with van der Waals surface area (Å²) < 4.78 is 40.8. The van der Waals surface area contributed by atoms with E-state index in [0.717, 1.165) is 13.8 Å². The quantitative estimate of drug-likeness (QED) is 0.150. The van der Waals surface area contributed by atoms with Crippen molar-refractivity contribution >= 4 is 35.8 Å². The number of carbonyl (C=O) groups is 6. The number of ketones is 1. The Morgan fingerprint density at radius 1 is 1.00 bits per heavy atom. The summed E-state index contributed by atoms with van der Waals surface area (Å²) in [7, 11) is 1.40. The molecule has 0 spiro atoms. The SMILES string of the molecule is COc1cccc(C(=O)O[C@H]2[C@@H]3[C@]4(OC(C)=O)CO[C@@H]4C[C@H](O)[C@@]3(C)C(=O)[C@H](OC(C)=O)C3=C(C)[C@@H](OC(=O)[C@H](O)[C@H](C=C(C)C)NC(=O)OC(C)(C)C)C[C@]2(O)C3(C)C)c1. The fourth-order valence-corrected chi connectivity index (χ4v) is 9.56. The third-order valence-corrected chi connectivity index (χ3v) is 12.5. The van der Waals surface area contributed by atoms with Crippen LogP contribution in [0.4, 0.5) is 4.79 Å². The highest BCUT2D eigenvalue weighted by Gasteiger charge is 2.78. The maximum atomic E-state index is 15.5. The number of fused-ring (bicyclic) bond motifs is 5. The number of aliphatic hydroxyl groups is 3. The average Bonchev–Trinajstić information content (AvgIpc) is 3.14. The van der Waals surface area contributed by atoms with Gasteiger partial charge in [-0.2, -0.15) is 0 Å². The maximum absolute atomic E-state index is 15.5. The van der Waals surface area contributed by atoms with E-state index in [1.165, 1.54) is 45.2 Å². The second kappa shape index (κ2) is 16.8. The van der Waals surface area contributed by atoms with E-state index in [-0.39, 0.29) is 29.7 Å². The van der Waals surface area contributed by atoms with Gasteiger partial charge in [-0.05, 0) is 77.8 Å². The van der Waals surface area contributed by atoms with Crippen molar-refractivity contribution in [2.45, 2.75) is 148 Å². The lowest BCUT2D eigenvalue weighted by Crippen LogP contribution is -2.82. The number of ether oxygens (including phenoxy) is 7. The van der Waals surface area contributed by atoms with Crippen molar-refractivity contribution in [2.24, 2.45) is 16.7 Å². The number of methoxy groups -OCH3 is 1. The molecule has 1 aromatic carbocycles. The normalized spacial score (nSPS) is 32.4. The molecule has 1 aromatic rings. The Balaban J connectivity index is 1.74. The van der Waals surface area contributed by atoms with Crippen molar-refractivity contribution in [3.05, 3.63) is 52.6 Å². The Kier molecular flexibility index (Phi) is 13.0. The average molecular weight is 858 g/mol. The number of nitrogens with one attached hydrogen (secondary N) is 1. The van der Waals surface area contributed by atoms with E-state index in [2.05, 4.69) is 5.32 Å². The van der Waals surface area contributed by atoms with Gasteiger partial charge in [-0.25, -0.2) is 14.4 Å². The van der Waals surface area contributed by atoms with Crippen LogP contribution in [-0.4, -0.2) is 124 Å². The van der Waals surface area contributed by atoms with Gasteiger partial charge >= 0.3 is 30.0 Å². The number of aliphatic hydroxyl groups excluding tert-OH is 2. The molecule has 1 saturated heterocycles. The molecule has 4 aliphatic rings. The topological polar surface area (TPSA) is 240 Å². The first-order chi connectivity index (χ1) is 28.1. The molecule has 1 aliphatic heterocycles. The Hall–Kier alpha value is -4.84. The fraction of sp³-hybridized carbons (Fsp3) is 0.636. The van der Waals surface area contributed by atoms with E-state index >= 15 is 4.79 Å². The van der Waals surface area contributed by atoms with E-state index in [4.69, 9.17) is 33.2 Å². The highest BCUT2D eigenvalue weighted by Crippen LogP contribution is 2.64. The first-order valence-electron chi connectivity index (χ1n) is 20.2. The molecule has 0 aromatic heterocycles. The number of esters is 4. The number of benzene rings is 1. The molecule has 2 saturated carbocycles. The lowest BCUT2D eigenvalue weighted by atomic mass is 9.44. The zero-order chi connectivity index (χ0) is 45.8. The lowest BCUT2D eigenvalue weighted by molar-refractivity contribution is -0.346. The summed E-state index contributed by atoms with van der Waals surface area (Å²) in [6.07, 6.45) is -10.2. The van der Waals surface area contributed by atoms with Gasteiger partial charge in [0.15, 0.2) is 23.6 Å². The lowest BCUT2D eigenvalue weighted by Gasteiger charge is -2.67. The summed E-state index contributed by atoms with van der Waals surface area (Å²) in [4.78, 5) is 82.7. The molecule has 0 unspecified atom stereocenters. The monoisotopic (exact) mass is 857 g/mol. The Morgan fingerprint density at radius 3 is 2.20 bits per heavy atom. The number of hydrogen-bond donors (Lipinski definition) is 4. The summed E-state index contributed by atoms with van der Waals surface area (Å²) in [5.41, 5.74) is -8.18. The van der Waals surface area contributed by atoms with Crippen LogP contribution in [0.3, 0.4) is 0 Å². The Bertz CT molecular complexity index is 2010. The molecule has 5 rings (SSSR count). The van der Waals surface area contributed by atoms with Crippen LogP contribution in [0.1, 0.15) is 99.4 Å². The van der Waals surface area contributed by atoms with Gasteiger partial charge in [0.1, 0.15) is 35.3 Å². The van der Waals surface area contributed by atoms with Crippen LogP contribution < -0.4 is 10.1 Å². The molecule has 11 atom stereocenters. The van der Waals surface area contributed by atoms with Gasteiger partial charge in [-0.15, -0.1) is 0 Å².